The van der Waals surface area contributed by atoms with Crippen LogP contribution in [0.15, 0.2) is 46.7 Å². The number of amides is 1. The number of benzene rings is 2. The van der Waals surface area contributed by atoms with Crippen molar-refractivity contribution in [3.8, 4) is 16.9 Å². The lowest BCUT2D eigenvalue weighted by Gasteiger charge is -2.23. The molecule has 1 aliphatic rings. The molecule has 0 atom stereocenters. The zero-order valence-corrected chi connectivity index (χ0v) is 21.9. The largest absolute Gasteiger partial charge is 0.486 e. The Morgan fingerprint density at radius 3 is 2.54 bits per heavy atom. The van der Waals surface area contributed by atoms with Crippen LogP contribution in [0.5, 0.6) is 5.75 Å². The van der Waals surface area contributed by atoms with Crippen LogP contribution in [-0.4, -0.2) is 70.7 Å². The van der Waals surface area contributed by atoms with E-state index in [0.717, 1.165) is 31.5 Å². The molecule has 0 spiro atoms. The number of rotatable bonds is 11. The van der Waals surface area contributed by atoms with Gasteiger partial charge in [-0.1, -0.05) is 12.1 Å². The minimum atomic E-state index is -1.06. The van der Waals surface area contributed by atoms with Crippen molar-refractivity contribution in [1.82, 2.24) is 14.8 Å². The van der Waals surface area contributed by atoms with Crippen LogP contribution in [0.25, 0.3) is 11.1 Å². The van der Waals surface area contributed by atoms with E-state index in [0.29, 0.717) is 34.3 Å². The molecule has 37 heavy (non-hydrogen) atoms. The van der Waals surface area contributed by atoms with Crippen LogP contribution in [-0.2, 0) is 11.4 Å². The summed E-state index contributed by atoms with van der Waals surface area (Å²) < 4.78 is 33.2. The molecule has 1 fully saturated rings. The maximum Gasteiger partial charge on any atom is 0.323 e. The van der Waals surface area contributed by atoms with Crippen LogP contribution >= 0.6 is 23.1 Å². The molecule has 11 heteroatoms. The Hall–Kier alpha value is -3.02. The SMILES string of the molecule is CSc1cc(F)c(F)cc1-c1ccc(OCc2nc(C(=O)N(CCN3CCCC3)CC(=O)O)cs2)cc1. The van der Waals surface area contributed by atoms with E-state index >= 15 is 0 Å². The van der Waals surface area contributed by atoms with Crippen molar-refractivity contribution in [2.24, 2.45) is 0 Å². The Balaban J connectivity index is 1.37. The molecule has 0 unspecified atom stereocenters. The van der Waals surface area contributed by atoms with Crippen LogP contribution < -0.4 is 4.74 Å². The fourth-order valence-corrected chi connectivity index (χ4v) is 5.42. The quantitative estimate of drug-likeness (QED) is 0.338. The molecule has 1 N–H and O–H groups in total. The Labute approximate surface area is 222 Å². The number of ether oxygens (including phenoxy) is 1. The number of aliphatic carboxylic acids is 1. The van der Waals surface area contributed by atoms with E-state index in [1.54, 1.807) is 35.9 Å². The van der Waals surface area contributed by atoms with Gasteiger partial charge in [-0.3, -0.25) is 9.59 Å². The summed E-state index contributed by atoms with van der Waals surface area (Å²) in [6, 6.07) is 9.36. The second-order valence-corrected chi connectivity index (χ2v) is 10.4. The van der Waals surface area contributed by atoms with Gasteiger partial charge in [-0.05, 0) is 67.6 Å². The summed E-state index contributed by atoms with van der Waals surface area (Å²) in [7, 11) is 0. The van der Waals surface area contributed by atoms with Crippen LogP contribution in [0.2, 0.25) is 0 Å². The number of thioether (sulfide) groups is 1. The smallest absolute Gasteiger partial charge is 0.323 e. The molecular formula is C26H27F2N3O4S2. The molecule has 0 radical (unpaired) electrons. The third-order valence-corrected chi connectivity index (χ3v) is 7.64. The predicted octanol–water partition coefficient (Wildman–Crippen LogP) is 5.01. The van der Waals surface area contributed by atoms with Gasteiger partial charge in [0, 0.05) is 23.4 Å². The van der Waals surface area contributed by atoms with Crippen LogP contribution in [0.1, 0.15) is 28.3 Å². The van der Waals surface area contributed by atoms with Gasteiger partial charge in [0.1, 0.15) is 29.6 Å². The molecule has 0 aliphatic carbocycles. The Bertz CT molecular complexity index is 1250. The molecule has 7 nitrogen and oxygen atoms in total. The van der Waals surface area contributed by atoms with E-state index in [4.69, 9.17) is 4.74 Å². The normalized spacial score (nSPS) is 13.6. The average Bonchev–Trinajstić information content (AvgIpc) is 3.59. The van der Waals surface area contributed by atoms with Gasteiger partial charge in [-0.25, -0.2) is 13.8 Å². The lowest BCUT2D eigenvalue weighted by Crippen LogP contribution is -2.41. The summed E-state index contributed by atoms with van der Waals surface area (Å²) in [5, 5.41) is 11.4. The standard InChI is InChI=1S/C26H27F2N3O4S2/c1-36-23-13-21(28)20(27)12-19(23)17-4-6-18(7-5-17)35-15-24-29-22(16-37-24)26(34)31(14-25(32)33)11-10-30-8-2-3-9-30/h4-7,12-13,16H,2-3,8-11,14-15H2,1H3,(H,32,33). The molecular weight excluding hydrogens is 520 g/mol. The van der Waals surface area contributed by atoms with Gasteiger partial charge >= 0.3 is 5.97 Å². The van der Waals surface area contributed by atoms with Crippen molar-refractivity contribution in [1.29, 1.82) is 0 Å². The highest BCUT2D eigenvalue weighted by Gasteiger charge is 2.23. The van der Waals surface area contributed by atoms with Gasteiger partial charge in [0.15, 0.2) is 11.6 Å². The molecule has 1 saturated heterocycles. The number of carbonyl (C=O) groups excluding carboxylic acids is 1. The van der Waals surface area contributed by atoms with Gasteiger partial charge in [0.2, 0.25) is 0 Å². The third kappa shape index (κ3) is 7.06. The average molecular weight is 548 g/mol. The fourth-order valence-electron chi connectivity index (χ4n) is 4.12. The van der Waals surface area contributed by atoms with Gasteiger partial charge in [0.25, 0.3) is 5.91 Å². The number of hydrogen-bond donors (Lipinski definition) is 1. The van der Waals surface area contributed by atoms with Gasteiger partial charge in [-0.2, -0.15) is 0 Å². The number of halogens is 2. The number of carboxylic acid groups (broad SMARTS) is 1. The Morgan fingerprint density at radius 1 is 1.16 bits per heavy atom. The van der Waals surface area contributed by atoms with Crippen LogP contribution in [0.3, 0.4) is 0 Å². The zero-order chi connectivity index (χ0) is 26.4. The molecule has 196 valence electrons. The number of hydrogen-bond acceptors (Lipinski definition) is 7. The maximum atomic E-state index is 13.8. The summed E-state index contributed by atoms with van der Waals surface area (Å²) in [6.07, 6.45) is 4.04. The van der Waals surface area contributed by atoms with E-state index < -0.39 is 23.5 Å². The Morgan fingerprint density at radius 2 is 1.86 bits per heavy atom. The summed E-state index contributed by atoms with van der Waals surface area (Å²) >= 11 is 2.60. The summed E-state index contributed by atoms with van der Waals surface area (Å²) in [4.78, 5) is 32.8. The van der Waals surface area contributed by atoms with Crippen molar-refractivity contribution >= 4 is 35.0 Å². The first-order chi connectivity index (χ1) is 17.8. The van der Waals surface area contributed by atoms with Crippen molar-refractivity contribution in [2.75, 3.05) is 39.0 Å². The van der Waals surface area contributed by atoms with E-state index in [1.807, 2.05) is 0 Å². The van der Waals surface area contributed by atoms with Crippen molar-refractivity contribution in [2.45, 2.75) is 24.3 Å². The number of thiazole rings is 1. The fraction of sp³-hybridized carbons (Fsp3) is 0.346. The van der Waals surface area contributed by atoms with Crippen LogP contribution in [0, 0.1) is 11.6 Å². The number of carbonyl (C=O) groups is 2. The molecule has 4 rings (SSSR count). The minimum absolute atomic E-state index is 0.130. The van der Waals surface area contributed by atoms with Crippen molar-refractivity contribution in [3.63, 3.8) is 0 Å². The van der Waals surface area contributed by atoms with E-state index in [1.165, 1.54) is 40.1 Å². The first-order valence-electron chi connectivity index (χ1n) is 11.8. The number of nitrogens with zero attached hydrogens (tertiary/aromatic N) is 3. The highest BCUT2D eigenvalue weighted by atomic mass is 32.2. The monoisotopic (exact) mass is 547 g/mol. The Kier molecular flexibility index (Phi) is 9.12. The molecule has 1 aliphatic heterocycles. The lowest BCUT2D eigenvalue weighted by atomic mass is 10.1. The second kappa shape index (κ2) is 12.5. The molecule has 3 aromatic rings. The highest BCUT2D eigenvalue weighted by Crippen LogP contribution is 2.33. The minimum Gasteiger partial charge on any atom is -0.486 e. The van der Waals surface area contributed by atoms with Crippen molar-refractivity contribution < 1.29 is 28.2 Å². The van der Waals surface area contributed by atoms with Gasteiger partial charge in [0.05, 0.1) is 0 Å². The molecule has 0 saturated carbocycles. The summed E-state index contributed by atoms with van der Waals surface area (Å²) in [6.45, 7) is 2.65. The second-order valence-electron chi connectivity index (χ2n) is 8.58. The van der Waals surface area contributed by atoms with E-state index in [-0.39, 0.29) is 18.8 Å². The third-order valence-electron chi connectivity index (χ3n) is 6.04. The first-order valence-corrected chi connectivity index (χ1v) is 13.9. The molecule has 2 aromatic carbocycles. The summed E-state index contributed by atoms with van der Waals surface area (Å²) in [5.74, 6) is -2.71. The van der Waals surface area contributed by atoms with E-state index in [9.17, 15) is 23.5 Å². The van der Waals surface area contributed by atoms with Crippen molar-refractivity contribution in [3.05, 3.63) is 64.1 Å². The maximum absolute atomic E-state index is 13.8. The van der Waals surface area contributed by atoms with E-state index in [2.05, 4.69) is 9.88 Å². The number of aromatic nitrogens is 1. The topological polar surface area (TPSA) is 83.0 Å². The van der Waals surface area contributed by atoms with Crippen LogP contribution in [0.4, 0.5) is 8.78 Å². The number of likely N-dealkylation sites (tertiary alicyclic amines) is 1. The zero-order valence-electron chi connectivity index (χ0n) is 20.3. The van der Waals surface area contributed by atoms with Gasteiger partial charge < -0.3 is 19.6 Å². The number of carboxylic acids is 1. The summed E-state index contributed by atoms with van der Waals surface area (Å²) in [5.41, 5.74) is 1.52. The molecule has 1 aromatic heterocycles. The molecule has 2 heterocycles. The highest BCUT2D eigenvalue weighted by molar-refractivity contribution is 7.98. The molecule has 0 bridgehead atoms. The molecule has 1 amide bonds. The van der Waals surface area contributed by atoms with Gasteiger partial charge in [-0.15, -0.1) is 23.1 Å². The first kappa shape index (κ1) is 27.0. The lowest BCUT2D eigenvalue weighted by molar-refractivity contribution is -0.137. The predicted molar refractivity (Wildman–Crippen MR) is 139 cm³/mol.